The van der Waals surface area contributed by atoms with Gasteiger partial charge in [-0.3, -0.25) is 14.5 Å². The van der Waals surface area contributed by atoms with Gasteiger partial charge in [0.05, 0.1) is 9.61 Å². The van der Waals surface area contributed by atoms with Gasteiger partial charge in [0.15, 0.2) is 0 Å². The maximum atomic E-state index is 12.8. The van der Waals surface area contributed by atoms with Crippen LogP contribution in [0.5, 0.6) is 0 Å². The fraction of sp³-hybridized carbons (Fsp3) is 0.250. The molecule has 0 radical (unpaired) electrons. The average Bonchev–Trinajstić information content (AvgIpc) is 3.39. The molecule has 2 fully saturated rings. The smallest absolute Gasteiger partial charge is 0.266 e. The van der Waals surface area contributed by atoms with Crippen molar-refractivity contribution in [2.24, 2.45) is 0 Å². The van der Waals surface area contributed by atoms with E-state index >= 15 is 0 Å². The number of thioether (sulfide) groups is 1. The van der Waals surface area contributed by atoms with E-state index in [0.29, 0.717) is 28.9 Å². The van der Waals surface area contributed by atoms with Gasteiger partial charge in [-0.1, -0.05) is 66.4 Å². The Morgan fingerprint density at radius 3 is 2.55 bits per heavy atom. The number of thiocarbonyl (C=S) groups is 1. The Morgan fingerprint density at radius 2 is 1.76 bits per heavy atom. The van der Waals surface area contributed by atoms with Crippen LogP contribution >= 0.6 is 35.5 Å². The summed E-state index contributed by atoms with van der Waals surface area (Å²) in [5.41, 5.74) is 0.958. The summed E-state index contributed by atoms with van der Waals surface area (Å²) in [6.07, 6.45) is 2.12. The highest BCUT2D eigenvalue weighted by molar-refractivity contribution is 8.26. The van der Waals surface area contributed by atoms with Crippen LogP contribution in [0.15, 0.2) is 59.5 Å². The molecular formula is C24H22N4O2S3. The van der Waals surface area contributed by atoms with Gasteiger partial charge in [0.25, 0.3) is 5.91 Å². The number of carbonyl (C=O) groups excluding carboxylic acids is 2. The van der Waals surface area contributed by atoms with Crippen molar-refractivity contribution in [3.8, 4) is 0 Å². The summed E-state index contributed by atoms with van der Waals surface area (Å²) in [6.45, 7) is 3.11. The van der Waals surface area contributed by atoms with Crippen molar-refractivity contribution in [1.29, 1.82) is 0 Å². The van der Waals surface area contributed by atoms with Crippen LogP contribution in [-0.2, 0) is 9.59 Å². The molecule has 0 saturated carbocycles. The van der Waals surface area contributed by atoms with Gasteiger partial charge >= 0.3 is 0 Å². The third kappa shape index (κ3) is 4.66. The quantitative estimate of drug-likeness (QED) is 0.391. The number of rotatable bonds is 5. The Bertz CT molecular complexity index is 1230. The first-order chi connectivity index (χ1) is 16.1. The third-order valence-corrected chi connectivity index (χ3v) is 8.01. The van der Waals surface area contributed by atoms with E-state index in [-0.39, 0.29) is 18.2 Å². The first kappa shape index (κ1) is 22.1. The molecule has 0 bridgehead atoms. The maximum Gasteiger partial charge on any atom is 0.266 e. The second-order valence-electron chi connectivity index (χ2n) is 7.86. The molecule has 3 heterocycles. The zero-order valence-corrected chi connectivity index (χ0v) is 20.3. The van der Waals surface area contributed by atoms with E-state index in [0.717, 1.165) is 24.5 Å². The summed E-state index contributed by atoms with van der Waals surface area (Å²) >= 11 is 8.21. The number of aromatic nitrogens is 1. The normalized spacial score (nSPS) is 18.1. The van der Waals surface area contributed by atoms with E-state index in [9.17, 15) is 9.59 Å². The number of fused-ring (bicyclic) bond motifs is 1. The molecule has 0 N–H and O–H groups in total. The summed E-state index contributed by atoms with van der Waals surface area (Å²) in [4.78, 5) is 31.9. The molecule has 1 aromatic heterocycles. The van der Waals surface area contributed by atoms with E-state index < -0.39 is 0 Å². The largest absolute Gasteiger partial charge is 0.352 e. The lowest BCUT2D eigenvalue weighted by Crippen LogP contribution is -2.49. The summed E-state index contributed by atoms with van der Waals surface area (Å²) < 4.78 is 6.32. The minimum atomic E-state index is -0.123. The number of carbonyl (C=O) groups is 2. The molecule has 168 valence electrons. The molecule has 0 atom stereocenters. The van der Waals surface area contributed by atoms with Crippen molar-refractivity contribution < 1.29 is 9.59 Å². The first-order valence-electron chi connectivity index (χ1n) is 10.8. The van der Waals surface area contributed by atoms with Crippen LogP contribution in [0.1, 0.15) is 12.0 Å². The molecule has 3 aromatic rings. The zero-order chi connectivity index (χ0) is 22.8. The molecule has 33 heavy (non-hydrogen) atoms. The van der Waals surface area contributed by atoms with Crippen LogP contribution in [0, 0.1) is 0 Å². The summed E-state index contributed by atoms with van der Waals surface area (Å²) in [6, 6.07) is 17.9. The highest BCUT2D eigenvalue weighted by Gasteiger charge is 2.33. The van der Waals surface area contributed by atoms with E-state index in [1.54, 1.807) is 4.90 Å². The van der Waals surface area contributed by atoms with Gasteiger partial charge in [-0.15, -0.1) is 0 Å². The van der Waals surface area contributed by atoms with Crippen molar-refractivity contribution >= 4 is 73.6 Å². The van der Waals surface area contributed by atoms with Gasteiger partial charge in [-0.2, -0.15) is 4.37 Å². The minimum Gasteiger partial charge on any atom is -0.352 e. The maximum absolute atomic E-state index is 12.8. The van der Waals surface area contributed by atoms with Gasteiger partial charge in [0, 0.05) is 44.5 Å². The Hall–Kier alpha value is -2.75. The number of hydrogen-bond acceptors (Lipinski definition) is 7. The molecule has 2 aliphatic heterocycles. The molecule has 6 nitrogen and oxygen atoms in total. The summed E-state index contributed by atoms with van der Waals surface area (Å²) in [5, 5.41) is 1.17. The minimum absolute atomic E-state index is 0.0545. The molecule has 2 aliphatic rings. The highest BCUT2D eigenvalue weighted by Crippen LogP contribution is 2.33. The standard InChI is InChI=1S/C24H22N4O2S3/c29-21(10-11-28-23(30)20(32-24(28)31)16-17-6-2-1-3-7-17)26-12-14-27(15-13-26)22-18-8-4-5-9-19(18)33-25-22/h1-9,16H,10-15H2. The van der Waals surface area contributed by atoms with Crippen LogP contribution in [0.3, 0.4) is 0 Å². The average molecular weight is 495 g/mol. The van der Waals surface area contributed by atoms with Crippen LogP contribution in [-0.4, -0.2) is 63.0 Å². The SMILES string of the molecule is O=C(CCN1C(=O)C(=Cc2ccccc2)SC1=S)N1CCN(c2nsc3ccccc23)CC1. The highest BCUT2D eigenvalue weighted by atomic mass is 32.2. The second-order valence-corrected chi connectivity index (χ2v) is 10.3. The first-order valence-corrected chi connectivity index (χ1v) is 12.8. The van der Waals surface area contributed by atoms with Gasteiger partial charge in [-0.05, 0) is 35.3 Å². The monoisotopic (exact) mass is 494 g/mol. The van der Waals surface area contributed by atoms with Gasteiger partial charge in [0.2, 0.25) is 5.91 Å². The van der Waals surface area contributed by atoms with Crippen LogP contribution in [0.4, 0.5) is 5.82 Å². The number of amides is 2. The molecule has 0 unspecified atom stereocenters. The Balaban J connectivity index is 1.15. The molecule has 0 spiro atoms. The predicted molar refractivity (Wildman–Crippen MR) is 139 cm³/mol. The summed E-state index contributed by atoms with van der Waals surface area (Å²) in [5.74, 6) is 0.936. The lowest BCUT2D eigenvalue weighted by Gasteiger charge is -2.35. The third-order valence-electron chi connectivity index (χ3n) is 5.81. The Morgan fingerprint density at radius 1 is 1.03 bits per heavy atom. The number of benzene rings is 2. The summed E-state index contributed by atoms with van der Waals surface area (Å²) in [7, 11) is 0. The lowest BCUT2D eigenvalue weighted by atomic mass is 10.2. The second kappa shape index (κ2) is 9.62. The Labute approximate surface area is 206 Å². The topological polar surface area (TPSA) is 56.8 Å². The van der Waals surface area contributed by atoms with E-state index in [1.165, 1.54) is 33.4 Å². The predicted octanol–water partition coefficient (Wildman–Crippen LogP) is 4.24. The van der Waals surface area contributed by atoms with E-state index in [1.807, 2.05) is 53.4 Å². The number of nitrogens with zero attached hydrogens (tertiary/aromatic N) is 4. The van der Waals surface area contributed by atoms with Gasteiger partial charge in [0.1, 0.15) is 10.1 Å². The molecule has 5 rings (SSSR count). The van der Waals surface area contributed by atoms with Gasteiger partial charge in [-0.25, -0.2) is 0 Å². The fourth-order valence-corrected chi connectivity index (χ4v) is 6.13. The van der Waals surface area contributed by atoms with Crippen LogP contribution in [0.25, 0.3) is 16.2 Å². The van der Waals surface area contributed by atoms with Crippen molar-refractivity contribution in [2.75, 3.05) is 37.6 Å². The van der Waals surface area contributed by atoms with Crippen molar-refractivity contribution in [1.82, 2.24) is 14.2 Å². The molecule has 2 saturated heterocycles. The van der Waals surface area contributed by atoms with Crippen LogP contribution in [0.2, 0.25) is 0 Å². The number of anilines is 1. The van der Waals surface area contributed by atoms with Gasteiger partial charge < -0.3 is 9.80 Å². The van der Waals surface area contributed by atoms with Crippen LogP contribution < -0.4 is 4.90 Å². The molecule has 2 aromatic carbocycles. The number of hydrogen-bond donors (Lipinski definition) is 0. The van der Waals surface area contributed by atoms with Crippen molar-refractivity contribution in [3.05, 3.63) is 65.1 Å². The molecule has 2 amide bonds. The molecule has 9 heteroatoms. The number of piperazine rings is 1. The zero-order valence-electron chi connectivity index (χ0n) is 17.8. The molecular weight excluding hydrogens is 472 g/mol. The van der Waals surface area contributed by atoms with Crippen molar-refractivity contribution in [2.45, 2.75) is 6.42 Å². The Kier molecular flexibility index (Phi) is 6.43. The van der Waals surface area contributed by atoms with E-state index in [2.05, 4.69) is 21.4 Å². The molecule has 0 aliphatic carbocycles. The fourth-order valence-electron chi connectivity index (χ4n) is 4.03. The lowest BCUT2D eigenvalue weighted by molar-refractivity contribution is -0.132. The van der Waals surface area contributed by atoms with Crippen molar-refractivity contribution in [3.63, 3.8) is 0 Å². The van der Waals surface area contributed by atoms with E-state index in [4.69, 9.17) is 12.2 Å².